The van der Waals surface area contributed by atoms with Crippen molar-refractivity contribution in [3.8, 4) is 6.07 Å². The molecule has 5 nitrogen and oxygen atoms in total. The highest BCUT2D eigenvalue weighted by molar-refractivity contribution is 6.01. The first kappa shape index (κ1) is 9.21. The van der Waals surface area contributed by atoms with Crippen LogP contribution in [-0.4, -0.2) is 20.9 Å². The molecule has 1 N–H and O–H groups in total. The summed E-state index contributed by atoms with van der Waals surface area (Å²) >= 11 is 0. The zero-order valence-electron chi connectivity index (χ0n) is 7.93. The molecule has 1 heterocycles. The summed E-state index contributed by atoms with van der Waals surface area (Å²) in [5.41, 5.74) is 1.11. The van der Waals surface area contributed by atoms with Gasteiger partial charge in [0.2, 0.25) is 0 Å². The highest BCUT2D eigenvalue weighted by atomic mass is 16.4. The summed E-state index contributed by atoms with van der Waals surface area (Å²) in [5, 5.41) is 22.0. The van der Waals surface area contributed by atoms with Crippen molar-refractivity contribution in [1.82, 2.24) is 9.78 Å². The number of aryl methyl sites for hydroxylation is 1. The smallest absolute Gasteiger partial charge is 0.357 e. The lowest BCUT2D eigenvalue weighted by molar-refractivity contribution is 0.0691. The Morgan fingerprint density at radius 2 is 2.33 bits per heavy atom. The number of carboxylic acid groups (broad SMARTS) is 1. The average molecular weight is 201 g/mol. The Morgan fingerprint density at radius 3 is 2.93 bits per heavy atom. The Balaban J connectivity index is 2.84. The molecule has 15 heavy (non-hydrogen) atoms. The van der Waals surface area contributed by atoms with Crippen molar-refractivity contribution in [1.29, 1.82) is 5.26 Å². The molecule has 0 aliphatic heterocycles. The first-order valence-electron chi connectivity index (χ1n) is 4.23. The normalized spacial score (nSPS) is 10.1. The average Bonchev–Trinajstić information content (AvgIpc) is 2.56. The van der Waals surface area contributed by atoms with Gasteiger partial charge in [-0.3, -0.25) is 4.68 Å². The zero-order chi connectivity index (χ0) is 11.0. The fourth-order valence-corrected chi connectivity index (χ4v) is 1.49. The summed E-state index contributed by atoms with van der Waals surface area (Å²) in [6.45, 7) is 0. The van der Waals surface area contributed by atoms with Crippen LogP contribution in [0.15, 0.2) is 18.2 Å². The second-order valence-corrected chi connectivity index (χ2v) is 3.12. The molecule has 74 valence electrons. The van der Waals surface area contributed by atoms with Crippen molar-refractivity contribution < 1.29 is 9.90 Å². The molecule has 5 heteroatoms. The van der Waals surface area contributed by atoms with E-state index in [4.69, 9.17) is 10.4 Å². The molecular weight excluding hydrogens is 194 g/mol. The lowest BCUT2D eigenvalue weighted by Crippen LogP contribution is -1.99. The van der Waals surface area contributed by atoms with Gasteiger partial charge in [-0.2, -0.15) is 10.4 Å². The van der Waals surface area contributed by atoms with E-state index >= 15 is 0 Å². The van der Waals surface area contributed by atoms with Crippen LogP contribution in [0.3, 0.4) is 0 Å². The Labute approximate surface area is 85.2 Å². The number of nitriles is 1. The molecule has 0 saturated carbocycles. The molecule has 0 fully saturated rings. The maximum atomic E-state index is 10.9. The van der Waals surface area contributed by atoms with Gasteiger partial charge in [-0.15, -0.1) is 0 Å². The minimum Gasteiger partial charge on any atom is -0.476 e. The first-order chi connectivity index (χ1) is 7.13. The first-order valence-corrected chi connectivity index (χ1v) is 4.23. The van der Waals surface area contributed by atoms with E-state index in [9.17, 15) is 4.79 Å². The molecule has 0 saturated heterocycles. The lowest BCUT2D eigenvalue weighted by atomic mass is 10.1. The van der Waals surface area contributed by atoms with E-state index in [0.717, 1.165) is 0 Å². The Hall–Kier alpha value is -2.35. The summed E-state index contributed by atoms with van der Waals surface area (Å²) in [6.07, 6.45) is 0. The van der Waals surface area contributed by atoms with E-state index in [1.807, 2.05) is 6.07 Å². The summed E-state index contributed by atoms with van der Waals surface area (Å²) in [6, 6.07) is 6.82. The van der Waals surface area contributed by atoms with E-state index in [1.165, 1.54) is 10.7 Å². The third-order valence-electron chi connectivity index (χ3n) is 2.18. The van der Waals surface area contributed by atoms with Crippen LogP contribution in [-0.2, 0) is 7.05 Å². The monoisotopic (exact) mass is 201 g/mol. The van der Waals surface area contributed by atoms with Crippen LogP contribution in [0.4, 0.5) is 0 Å². The van der Waals surface area contributed by atoms with Gasteiger partial charge in [0.25, 0.3) is 0 Å². The van der Waals surface area contributed by atoms with Crippen LogP contribution in [0.5, 0.6) is 0 Å². The number of carbonyl (C=O) groups is 1. The molecule has 1 aromatic heterocycles. The quantitative estimate of drug-likeness (QED) is 0.750. The van der Waals surface area contributed by atoms with Crippen molar-refractivity contribution >= 4 is 16.9 Å². The minimum absolute atomic E-state index is 0.0235. The van der Waals surface area contributed by atoms with Crippen LogP contribution in [0.1, 0.15) is 16.1 Å². The number of fused-ring (bicyclic) bond motifs is 1. The third kappa shape index (κ3) is 1.32. The van der Waals surface area contributed by atoms with Crippen molar-refractivity contribution in [3.63, 3.8) is 0 Å². The maximum absolute atomic E-state index is 10.9. The van der Waals surface area contributed by atoms with E-state index in [1.54, 1.807) is 19.2 Å². The summed E-state index contributed by atoms with van der Waals surface area (Å²) < 4.78 is 1.49. The fraction of sp³-hybridized carbons (Fsp3) is 0.100. The number of benzene rings is 1. The topological polar surface area (TPSA) is 78.9 Å². The number of nitrogens with zero attached hydrogens (tertiary/aromatic N) is 3. The molecule has 0 aliphatic carbocycles. The van der Waals surface area contributed by atoms with Crippen LogP contribution in [0.2, 0.25) is 0 Å². The van der Waals surface area contributed by atoms with Crippen molar-refractivity contribution in [2.24, 2.45) is 7.05 Å². The Morgan fingerprint density at radius 1 is 1.60 bits per heavy atom. The second-order valence-electron chi connectivity index (χ2n) is 3.12. The molecule has 0 aliphatic rings. The molecule has 1 aromatic carbocycles. The van der Waals surface area contributed by atoms with E-state index in [-0.39, 0.29) is 5.69 Å². The van der Waals surface area contributed by atoms with Gasteiger partial charge in [0.15, 0.2) is 5.69 Å². The molecule has 0 atom stereocenters. The highest BCUT2D eigenvalue weighted by Gasteiger charge is 2.14. The summed E-state index contributed by atoms with van der Waals surface area (Å²) in [7, 11) is 1.67. The van der Waals surface area contributed by atoms with Crippen molar-refractivity contribution in [3.05, 3.63) is 29.5 Å². The van der Waals surface area contributed by atoms with Crippen molar-refractivity contribution in [2.75, 3.05) is 0 Å². The van der Waals surface area contributed by atoms with E-state index in [0.29, 0.717) is 16.5 Å². The highest BCUT2D eigenvalue weighted by Crippen LogP contribution is 2.19. The zero-order valence-corrected chi connectivity index (χ0v) is 7.93. The van der Waals surface area contributed by atoms with Gasteiger partial charge >= 0.3 is 5.97 Å². The van der Waals surface area contributed by atoms with Crippen LogP contribution >= 0.6 is 0 Å². The van der Waals surface area contributed by atoms with Gasteiger partial charge in [-0.05, 0) is 18.2 Å². The number of carboxylic acids is 1. The number of aromatic nitrogens is 2. The fourth-order valence-electron chi connectivity index (χ4n) is 1.49. The SMILES string of the molecule is Cn1nc(C(=O)O)c2cc(C#N)ccc21. The van der Waals surface area contributed by atoms with E-state index in [2.05, 4.69) is 5.10 Å². The number of rotatable bonds is 1. The second kappa shape index (κ2) is 3.10. The molecule has 0 spiro atoms. The van der Waals surface area contributed by atoms with Crippen LogP contribution in [0, 0.1) is 11.3 Å². The summed E-state index contributed by atoms with van der Waals surface area (Å²) in [5.74, 6) is -1.09. The van der Waals surface area contributed by atoms with Gasteiger partial charge in [-0.1, -0.05) is 0 Å². The minimum atomic E-state index is -1.09. The Bertz CT molecular complexity index is 592. The van der Waals surface area contributed by atoms with Crippen LogP contribution < -0.4 is 0 Å². The Kier molecular flexibility index (Phi) is 1.90. The lowest BCUT2D eigenvalue weighted by Gasteiger charge is -1.93. The standard InChI is InChI=1S/C10H7N3O2/c1-13-8-3-2-6(5-11)4-7(8)9(12-13)10(14)15/h2-4H,1H3,(H,14,15). The molecule has 0 radical (unpaired) electrons. The largest absolute Gasteiger partial charge is 0.476 e. The number of hydrogen-bond acceptors (Lipinski definition) is 3. The molecule has 0 bridgehead atoms. The molecular formula is C10H7N3O2. The third-order valence-corrected chi connectivity index (χ3v) is 2.18. The molecule has 2 aromatic rings. The molecule has 0 unspecified atom stereocenters. The van der Waals surface area contributed by atoms with Crippen LogP contribution in [0.25, 0.3) is 10.9 Å². The molecule has 0 amide bonds. The van der Waals surface area contributed by atoms with Gasteiger partial charge in [0, 0.05) is 12.4 Å². The van der Waals surface area contributed by atoms with Gasteiger partial charge in [0.1, 0.15) is 0 Å². The predicted octanol–water partition coefficient (Wildman–Crippen LogP) is 1.14. The molecule has 2 rings (SSSR count). The predicted molar refractivity (Wildman–Crippen MR) is 52.4 cm³/mol. The van der Waals surface area contributed by atoms with Crippen molar-refractivity contribution in [2.45, 2.75) is 0 Å². The number of aromatic carboxylic acids is 1. The van der Waals surface area contributed by atoms with Gasteiger partial charge in [-0.25, -0.2) is 4.79 Å². The maximum Gasteiger partial charge on any atom is 0.357 e. The van der Waals surface area contributed by atoms with Gasteiger partial charge in [0.05, 0.1) is 17.1 Å². The van der Waals surface area contributed by atoms with Gasteiger partial charge < -0.3 is 5.11 Å². The summed E-state index contributed by atoms with van der Waals surface area (Å²) in [4.78, 5) is 10.9. The van der Waals surface area contributed by atoms with E-state index < -0.39 is 5.97 Å². The number of hydrogen-bond donors (Lipinski definition) is 1.